The van der Waals surface area contributed by atoms with Crippen molar-refractivity contribution in [1.82, 2.24) is 19.9 Å². The smallest absolute Gasteiger partial charge is 0.0904 e. The number of nitrogens with zero attached hydrogens (tertiary/aromatic N) is 5. The van der Waals surface area contributed by atoms with E-state index in [1.165, 1.54) is 0 Å². The number of pyridine rings is 1. The Kier molecular flexibility index (Phi) is 5.04. The Balaban J connectivity index is 1.46. The summed E-state index contributed by atoms with van der Waals surface area (Å²) in [7, 11) is 0. The fourth-order valence-electron chi connectivity index (χ4n) is 3.85. The zero-order chi connectivity index (χ0) is 17.9. The van der Waals surface area contributed by atoms with Crippen molar-refractivity contribution in [3.63, 3.8) is 0 Å². The van der Waals surface area contributed by atoms with Gasteiger partial charge in [-0.1, -0.05) is 0 Å². The van der Waals surface area contributed by atoms with Crippen molar-refractivity contribution in [3.05, 3.63) is 41.6 Å². The van der Waals surface area contributed by atoms with E-state index in [1.807, 2.05) is 25.5 Å². The van der Waals surface area contributed by atoms with Gasteiger partial charge in [0.05, 0.1) is 36.4 Å². The molecule has 1 saturated heterocycles. The monoisotopic (exact) mass is 351 g/mol. The van der Waals surface area contributed by atoms with Crippen LogP contribution in [0.2, 0.25) is 0 Å². The standard InChI is InChI=1S/C20H25N5O/c1-14-18-9-16(10-23-20(18)13-22-14)19-12-21-11-17(24-19)8-15-2-4-25(5-3-15)6-7-26/h9-12,15,26H,2-8,13H2,1H3. The molecule has 0 aliphatic carbocycles. The van der Waals surface area contributed by atoms with Crippen molar-refractivity contribution in [2.45, 2.75) is 32.7 Å². The van der Waals surface area contributed by atoms with Crippen LogP contribution < -0.4 is 0 Å². The van der Waals surface area contributed by atoms with Crippen LogP contribution >= 0.6 is 0 Å². The summed E-state index contributed by atoms with van der Waals surface area (Å²) in [5.74, 6) is 0.641. The minimum absolute atomic E-state index is 0.247. The summed E-state index contributed by atoms with van der Waals surface area (Å²) in [5.41, 5.74) is 6.17. The maximum absolute atomic E-state index is 9.06. The second-order valence-electron chi connectivity index (χ2n) is 7.23. The van der Waals surface area contributed by atoms with Crippen molar-refractivity contribution < 1.29 is 5.11 Å². The number of β-amino-alcohol motifs (C(OH)–C–C–N with tert-alkyl or cyclic N) is 1. The van der Waals surface area contributed by atoms with Crippen LogP contribution in [-0.2, 0) is 13.0 Å². The lowest BCUT2D eigenvalue weighted by molar-refractivity contribution is 0.147. The third kappa shape index (κ3) is 3.66. The number of aromatic nitrogens is 3. The van der Waals surface area contributed by atoms with Gasteiger partial charge in [0.15, 0.2) is 0 Å². The van der Waals surface area contributed by atoms with E-state index < -0.39 is 0 Å². The molecule has 2 aromatic heterocycles. The summed E-state index contributed by atoms with van der Waals surface area (Å²) in [5, 5.41) is 9.06. The predicted molar refractivity (Wildman–Crippen MR) is 101 cm³/mol. The highest BCUT2D eigenvalue weighted by Crippen LogP contribution is 2.25. The lowest BCUT2D eigenvalue weighted by Crippen LogP contribution is -2.36. The van der Waals surface area contributed by atoms with E-state index in [0.717, 1.165) is 72.8 Å². The van der Waals surface area contributed by atoms with Gasteiger partial charge in [-0.15, -0.1) is 0 Å². The van der Waals surface area contributed by atoms with E-state index in [2.05, 4.69) is 25.9 Å². The van der Waals surface area contributed by atoms with Crippen LogP contribution in [0.1, 0.15) is 36.7 Å². The maximum atomic E-state index is 9.06. The largest absolute Gasteiger partial charge is 0.395 e. The molecule has 0 saturated carbocycles. The zero-order valence-electron chi connectivity index (χ0n) is 15.2. The van der Waals surface area contributed by atoms with Gasteiger partial charge in [-0.3, -0.25) is 15.0 Å². The number of fused-ring (bicyclic) bond motifs is 1. The van der Waals surface area contributed by atoms with E-state index in [4.69, 9.17) is 10.1 Å². The Labute approximate surface area is 154 Å². The summed E-state index contributed by atoms with van der Waals surface area (Å²) in [6.45, 7) is 5.87. The molecule has 2 aliphatic rings. The zero-order valence-corrected chi connectivity index (χ0v) is 15.2. The average molecular weight is 351 g/mol. The first-order chi connectivity index (χ1) is 12.7. The van der Waals surface area contributed by atoms with Crippen LogP contribution in [0.5, 0.6) is 0 Å². The molecule has 1 fully saturated rings. The molecule has 2 aliphatic heterocycles. The van der Waals surface area contributed by atoms with Crippen LogP contribution in [0.15, 0.2) is 29.6 Å². The van der Waals surface area contributed by atoms with Crippen LogP contribution in [0.3, 0.4) is 0 Å². The number of rotatable bonds is 5. The first kappa shape index (κ1) is 17.2. The highest BCUT2D eigenvalue weighted by molar-refractivity contribution is 6.02. The Hall–Kier alpha value is -2.18. The van der Waals surface area contributed by atoms with Gasteiger partial charge in [-0.05, 0) is 51.3 Å². The molecule has 0 aromatic carbocycles. The summed E-state index contributed by atoms with van der Waals surface area (Å²) < 4.78 is 0. The molecular weight excluding hydrogens is 326 g/mol. The number of piperidine rings is 1. The van der Waals surface area contributed by atoms with Gasteiger partial charge in [-0.2, -0.15) is 0 Å². The third-order valence-corrected chi connectivity index (χ3v) is 5.43. The Morgan fingerprint density at radius 3 is 2.85 bits per heavy atom. The molecule has 4 heterocycles. The minimum Gasteiger partial charge on any atom is -0.395 e. The third-order valence-electron chi connectivity index (χ3n) is 5.43. The minimum atomic E-state index is 0.247. The van der Waals surface area contributed by atoms with E-state index in [-0.39, 0.29) is 6.61 Å². The first-order valence-electron chi connectivity index (χ1n) is 9.38. The van der Waals surface area contributed by atoms with E-state index in [1.54, 1.807) is 0 Å². The number of likely N-dealkylation sites (tertiary alicyclic amines) is 1. The lowest BCUT2D eigenvalue weighted by Gasteiger charge is -2.31. The molecule has 2 aromatic rings. The fraction of sp³-hybridized carbons (Fsp3) is 0.500. The number of aliphatic hydroxyl groups excluding tert-OH is 1. The van der Waals surface area contributed by atoms with Crippen LogP contribution in [0, 0.1) is 5.92 Å². The molecule has 4 rings (SSSR count). The molecule has 6 heteroatoms. The lowest BCUT2D eigenvalue weighted by atomic mass is 9.92. The second kappa shape index (κ2) is 7.60. The summed E-state index contributed by atoms with van der Waals surface area (Å²) in [4.78, 5) is 20.6. The quantitative estimate of drug-likeness (QED) is 0.893. The Morgan fingerprint density at radius 2 is 2.04 bits per heavy atom. The van der Waals surface area contributed by atoms with E-state index >= 15 is 0 Å². The van der Waals surface area contributed by atoms with E-state index in [9.17, 15) is 0 Å². The molecular formula is C20H25N5O. The number of hydrogen-bond donors (Lipinski definition) is 1. The normalized spacial score (nSPS) is 18.0. The summed E-state index contributed by atoms with van der Waals surface area (Å²) in [6.07, 6.45) is 8.86. The van der Waals surface area contributed by atoms with Crippen molar-refractivity contribution in [3.8, 4) is 11.3 Å². The van der Waals surface area contributed by atoms with Crippen molar-refractivity contribution in [2.75, 3.05) is 26.2 Å². The van der Waals surface area contributed by atoms with Crippen molar-refractivity contribution in [1.29, 1.82) is 0 Å². The number of hydrogen-bond acceptors (Lipinski definition) is 6. The maximum Gasteiger partial charge on any atom is 0.0904 e. The molecule has 6 nitrogen and oxygen atoms in total. The number of aliphatic imine (C=N–C) groups is 1. The van der Waals surface area contributed by atoms with Gasteiger partial charge < -0.3 is 10.0 Å². The van der Waals surface area contributed by atoms with Crippen LogP contribution in [0.4, 0.5) is 0 Å². The van der Waals surface area contributed by atoms with Gasteiger partial charge >= 0.3 is 0 Å². The van der Waals surface area contributed by atoms with Gasteiger partial charge in [-0.25, -0.2) is 4.98 Å². The van der Waals surface area contributed by atoms with Gasteiger partial charge in [0.2, 0.25) is 0 Å². The van der Waals surface area contributed by atoms with Gasteiger partial charge in [0, 0.05) is 35.8 Å². The molecule has 1 N–H and O–H groups in total. The Morgan fingerprint density at radius 1 is 1.19 bits per heavy atom. The number of aliphatic hydroxyl groups is 1. The highest BCUT2D eigenvalue weighted by Gasteiger charge is 2.20. The second-order valence-corrected chi connectivity index (χ2v) is 7.23. The molecule has 0 radical (unpaired) electrons. The first-order valence-corrected chi connectivity index (χ1v) is 9.38. The molecule has 0 unspecified atom stereocenters. The van der Waals surface area contributed by atoms with Gasteiger partial charge in [0.1, 0.15) is 0 Å². The van der Waals surface area contributed by atoms with Crippen molar-refractivity contribution in [2.24, 2.45) is 10.9 Å². The molecule has 0 amide bonds. The fourth-order valence-corrected chi connectivity index (χ4v) is 3.85. The summed E-state index contributed by atoms with van der Waals surface area (Å²) >= 11 is 0. The van der Waals surface area contributed by atoms with Crippen LogP contribution in [-0.4, -0.2) is 56.9 Å². The molecule has 0 spiro atoms. The highest BCUT2D eigenvalue weighted by atomic mass is 16.3. The SMILES string of the molecule is CC1=NCc2ncc(-c3cncc(CC4CCN(CCO)CC4)n3)cc21. The predicted octanol–water partition coefficient (Wildman–Crippen LogP) is 2.11. The topological polar surface area (TPSA) is 74.5 Å². The van der Waals surface area contributed by atoms with Gasteiger partial charge in [0.25, 0.3) is 0 Å². The molecule has 0 bridgehead atoms. The average Bonchev–Trinajstić information content (AvgIpc) is 3.04. The van der Waals surface area contributed by atoms with Crippen molar-refractivity contribution >= 4 is 5.71 Å². The molecule has 136 valence electrons. The summed E-state index contributed by atoms with van der Waals surface area (Å²) in [6, 6.07) is 2.13. The Bertz CT molecular complexity index is 812. The van der Waals surface area contributed by atoms with Crippen LogP contribution in [0.25, 0.3) is 11.3 Å². The molecule has 26 heavy (non-hydrogen) atoms. The molecule has 0 atom stereocenters. The van der Waals surface area contributed by atoms with E-state index in [0.29, 0.717) is 12.5 Å².